The van der Waals surface area contributed by atoms with Crippen LogP contribution in [0.25, 0.3) is 0 Å². The largest absolute Gasteiger partial charge is 0.520 e. The first-order chi connectivity index (χ1) is 8.74. The molecular weight excluding hydrogens is 240 g/mol. The number of hydrogen-bond donors (Lipinski definition) is 0. The van der Waals surface area contributed by atoms with E-state index in [1.165, 1.54) is 32.1 Å². The van der Waals surface area contributed by atoms with E-state index < -0.39 is 8.56 Å². The molecule has 0 heterocycles. The normalized spacial score (nSPS) is 20.3. The summed E-state index contributed by atoms with van der Waals surface area (Å²) < 4.78 is 12.4. The van der Waals surface area contributed by atoms with Gasteiger partial charge in [0.1, 0.15) is 5.75 Å². The lowest BCUT2D eigenvalue weighted by molar-refractivity contribution is 0.233. The lowest BCUT2D eigenvalue weighted by Crippen LogP contribution is -2.47. The highest BCUT2D eigenvalue weighted by molar-refractivity contribution is 6.68. The Labute approximate surface area is 112 Å². The first-order valence-corrected chi connectivity index (χ1v) is 9.52. The van der Waals surface area contributed by atoms with Gasteiger partial charge in [0.25, 0.3) is 0 Å². The fourth-order valence-electron chi connectivity index (χ4n) is 2.87. The summed E-state index contributed by atoms with van der Waals surface area (Å²) in [7, 11) is -2.09. The van der Waals surface area contributed by atoms with E-state index in [0.29, 0.717) is 5.54 Å². The van der Waals surface area contributed by atoms with Crippen molar-refractivity contribution in [2.75, 3.05) is 6.61 Å². The molecule has 1 atom stereocenters. The molecule has 0 bridgehead atoms. The van der Waals surface area contributed by atoms with Crippen molar-refractivity contribution in [3.8, 4) is 5.75 Å². The number of rotatable bonds is 5. The molecule has 2 nitrogen and oxygen atoms in total. The van der Waals surface area contributed by atoms with E-state index in [9.17, 15) is 0 Å². The minimum absolute atomic E-state index is 0.645. The Morgan fingerprint density at radius 3 is 2.39 bits per heavy atom. The van der Waals surface area contributed by atoms with Gasteiger partial charge in [0, 0.05) is 12.1 Å². The summed E-state index contributed by atoms with van der Waals surface area (Å²) in [5.74, 6) is 0.964. The van der Waals surface area contributed by atoms with Crippen molar-refractivity contribution in [1.29, 1.82) is 0 Å². The second kappa shape index (κ2) is 6.39. The average molecular weight is 264 g/mol. The van der Waals surface area contributed by atoms with Crippen LogP contribution in [0, 0.1) is 0 Å². The van der Waals surface area contributed by atoms with Crippen LogP contribution in [0.1, 0.15) is 39.0 Å². The van der Waals surface area contributed by atoms with Gasteiger partial charge in [-0.3, -0.25) is 0 Å². The van der Waals surface area contributed by atoms with Gasteiger partial charge in [-0.2, -0.15) is 0 Å². The molecule has 0 aliphatic heterocycles. The van der Waals surface area contributed by atoms with Crippen molar-refractivity contribution in [2.45, 2.75) is 51.1 Å². The third kappa shape index (κ3) is 3.36. The van der Waals surface area contributed by atoms with Crippen LogP contribution in [-0.4, -0.2) is 15.2 Å². The molecule has 1 unspecified atom stereocenters. The number of hydrogen-bond acceptors (Lipinski definition) is 2. The summed E-state index contributed by atoms with van der Waals surface area (Å²) in [6.07, 6.45) is 6.58. The summed E-state index contributed by atoms with van der Waals surface area (Å²) in [4.78, 5) is 0. The van der Waals surface area contributed by atoms with Gasteiger partial charge in [0.2, 0.25) is 0 Å². The summed E-state index contributed by atoms with van der Waals surface area (Å²) >= 11 is 0. The molecule has 0 spiro atoms. The highest BCUT2D eigenvalue weighted by Gasteiger charge is 2.43. The molecule has 0 saturated heterocycles. The summed E-state index contributed by atoms with van der Waals surface area (Å²) in [6, 6.07) is 10.1. The quantitative estimate of drug-likeness (QED) is 0.729. The van der Waals surface area contributed by atoms with Gasteiger partial charge in [-0.05, 0) is 38.4 Å². The Bertz CT molecular complexity index is 349. The van der Waals surface area contributed by atoms with Gasteiger partial charge >= 0.3 is 8.56 Å². The maximum atomic E-state index is 6.30. The Morgan fingerprint density at radius 2 is 1.78 bits per heavy atom. The van der Waals surface area contributed by atoms with Crippen LogP contribution in [-0.2, 0) is 4.43 Å². The van der Waals surface area contributed by atoms with E-state index in [4.69, 9.17) is 8.85 Å². The average Bonchev–Trinajstić information content (AvgIpc) is 2.41. The zero-order valence-electron chi connectivity index (χ0n) is 11.5. The molecule has 3 heteroatoms. The van der Waals surface area contributed by atoms with Crippen LogP contribution < -0.4 is 4.43 Å². The van der Waals surface area contributed by atoms with Crippen LogP contribution in [0.15, 0.2) is 30.3 Å². The van der Waals surface area contributed by atoms with Gasteiger partial charge in [-0.25, -0.2) is 0 Å². The van der Waals surface area contributed by atoms with Crippen molar-refractivity contribution < 1.29 is 8.85 Å². The molecular formula is C15H24O2Si. The Morgan fingerprint density at radius 1 is 1.11 bits per heavy atom. The first kappa shape index (κ1) is 13.6. The zero-order chi connectivity index (χ0) is 12.8. The van der Waals surface area contributed by atoms with Crippen LogP contribution in [0.4, 0.5) is 0 Å². The molecule has 2 rings (SSSR count). The van der Waals surface area contributed by atoms with E-state index in [1.54, 1.807) is 0 Å². The Hall–Kier alpha value is -0.803. The van der Waals surface area contributed by atoms with Crippen LogP contribution in [0.3, 0.4) is 0 Å². The molecule has 0 N–H and O–H groups in total. The van der Waals surface area contributed by atoms with E-state index in [2.05, 4.69) is 13.5 Å². The molecule has 0 aromatic heterocycles. The van der Waals surface area contributed by atoms with Gasteiger partial charge in [0.05, 0.1) is 0 Å². The van der Waals surface area contributed by atoms with Crippen molar-refractivity contribution in [1.82, 2.24) is 0 Å². The predicted molar refractivity (Wildman–Crippen MR) is 77.1 cm³/mol. The lowest BCUT2D eigenvalue weighted by Gasteiger charge is -2.36. The molecule has 0 radical (unpaired) electrons. The van der Waals surface area contributed by atoms with Gasteiger partial charge in [0.15, 0.2) is 0 Å². The van der Waals surface area contributed by atoms with Crippen molar-refractivity contribution >= 4 is 8.56 Å². The van der Waals surface area contributed by atoms with E-state index in [0.717, 1.165) is 12.4 Å². The van der Waals surface area contributed by atoms with Crippen LogP contribution in [0.5, 0.6) is 5.75 Å². The monoisotopic (exact) mass is 264 g/mol. The van der Waals surface area contributed by atoms with Crippen LogP contribution >= 0.6 is 0 Å². The van der Waals surface area contributed by atoms with Crippen molar-refractivity contribution in [2.24, 2.45) is 0 Å². The molecule has 1 aromatic carbocycles. The van der Waals surface area contributed by atoms with E-state index in [-0.39, 0.29) is 0 Å². The predicted octanol–water partition coefficient (Wildman–Crippen LogP) is 4.51. The minimum Gasteiger partial charge on any atom is -0.520 e. The second-order valence-corrected chi connectivity index (χ2v) is 8.54. The van der Waals surface area contributed by atoms with Gasteiger partial charge in [-0.1, -0.05) is 37.5 Å². The lowest BCUT2D eigenvalue weighted by atomic mass is 10.0. The molecule has 100 valence electrons. The SMILES string of the molecule is CCO[Si](C)(Oc1ccccc1)C1CCCCC1. The number of benzene rings is 1. The van der Waals surface area contributed by atoms with E-state index >= 15 is 0 Å². The number of para-hydroxylation sites is 1. The Kier molecular flexibility index (Phi) is 4.84. The maximum Gasteiger partial charge on any atom is 0.398 e. The zero-order valence-corrected chi connectivity index (χ0v) is 12.5. The van der Waals surface area contributed by atoms with Crippen LogP contribution in [0.2, 0.25) is 12.1 Å². The first-order valence-electron chi connectivity index (χ1n) is 7.12. The summed E-state index contributed by atoms with van der Waals surface area (Å²) in [5.41, 5.74) is 0.645. The Balaban J connectivity index is 2.09. The summed E-state index contributed by atoms with van der Waals surface area (Å²) in [5, 5.41) is 0. The van der Waals surface area contributed by atoms with Crippen molar-refractivity contribution in [3.63, 3.8) is 0 Å². The molecule has 0 amide bonds. The molecule has 18 heavy (non-hydrogen) atoms. The molecule has 1 aliphatic carbocycles. The van der Waals surface area contributed by atoms with Gasteiger partial charge in [-0.15, -0.1) is 0 Å². The summed E-state index contributed by atoms with van der Waals surface area (Å²) in [6.45, 7) is 5.06. The maximum absolute atomic E-state index is 6.30. The fourth-order valence-corrected chi connectivity index (χ4v) is 5.96. The fraction of sp³-hybridized carbons (Fsp3) is 0.600. The topological polar surface area (TPSA) is 18.5 Å². The third-order valence-corrected chi connectivity index (χ3v) is 7.40. The minimum atomic E-state index is -2.09. The third-order valence-electron chi connectivity index (χ3n) is 3.84. The van der Waals surface area contributed by atoms with E-state index in [1.807, 2.05) is 30.3 Å². The standard InChI is InChI=1S/C15H24O2Si/c1-3-16-18(2,15-12-8-5-9-13-15)17-14-10-6-4-7-11-14/h4,6-7,10-11,15H,3,5,8-9,12-13H2,1-2H3. The van der Waals surface area contributed by atoms with Crippen molar-refractivity contribution in [3.05, 3.63) is 30.3 Å². The highest BCUT2D eigenvalue weighted by Crippen LogP contribution is 2.38. The van der Waals surface area contributed by atoms with Gasteiger partial charge < -0.3 is 8.85 Å². The second-order valence-electron chi connectivity index (χ2n) is 5.20. The smallest absolute Gasteiger partial charge is 0.398 e. The molecule has 1 saturated carbocycles. The molecule has 1 aliphatic rings. The molecule has 1 aromatic rings. The molecule has 1 fully saturated rings. The highest BCUT2D eigenvalue weighted by atomic mass is 28.4.